The summed E-state index contributed by atoms with van der Waals surface area (Å²) in [7, 11) is 2.17. The van der Waals surface area contributed by atoms with Crippen molar-refractivity contribution >= 4 is 11.8 Å². The van der Waals surface area contributed by atoms with E-state index in [1.165, 1.54) is 5.56 Å². The average Bonchev–Trinajstić information content (AvgIpc) is 2.45. The van der Waals surface area contributed by atoms with Gasteiger partial charge in [0.25, 0.3) is 0 Å². The van der Waals surface area contributed by atoms with E-state index in [0.717, 1.165) is 18.7 Å². The van der Waals surface area contributed by atoms with Gasteiger partial charge in [-0.1, -0.05) is 44.2 Å². The zero-order valence-electron chi connectivity index (χ0n) is 12.6. The highest BCUT2D eigenvalue weighted by molar-refractivity contribution is 7.98. The first-order valence-electron chi connectivity index (χ1n) is 6.93. The second-order valence-corrected chi connectivity index (χ2v) is 6.43. The molecule has 0 aliphatic heterocycles. The summed E-state index contributed by atoms with van der Waals surface area (Å²) in [4.78, 5) is 2.39. The van der Waals surface area contributed by atoms with Crippen LogP contribution in [0.1, 0.15) is 25.8 Å². The second-order valence-electron chi connectivity index (χ2n) is 5.52. The van der Waals surface area contributed by atoms with Crippen molar-refractivity contribution in [3.05, 3.63) is 35.9 Å². The number of aliphatic hydroxyl groups excluding tert-OH is 1. The molecule has 0 amide bonds. The Hall–Kier alpha value is -0.510. The van der Waals surface area contributed by atoms with Gasteiger partial charge in [0.2, 0.25) is 0 Å². The van der Waals surface area contributed by atoms with Crippen LogP contribution >= 0.6 is 11.8 Å². The lowest BCUT2D eigenvalue weighted by Crippen LogP contribution is -2.44. The van der Waals surface area contributed by atoms with Crippen LogP contribution in [0, 0.1) is 0 Å². The summed E-state index contributed by atoms with van der Waals surface area (Å²) in [5, 5.41) is 9.84. The van der Waals surface area contributed by atoms with Gasteiger partial charge in [-0.15, -0.1) is 0 Å². The molecular formula is C16H27NOS. The lowest BCUT2D eigenvalue weighted by atomic mass is 9.82. The molecule has 0 bridgehead atoms. The zero-order valence-corrected chi connectivity index (χ0v) is 13.4. The smallest absolute Gasteiger partial charge is 0.0537 e. The predicted molar refractivity (Wildman–Crippen MR) is 86.0 cm³/mol. The quantitative estimate of drug-likeness (QED) is 0.792. The highest BCUT2D eigenvalue weighted by Gasteiger charge is 2.29. The first kappa shape index (κ1) is 16.5. The van der Waals surface area contributed by atoms with Crippen LogP contribution in [0.15, 0.2) is 30.3 Å². The van der Waals surface area contributed by atoms with Crippen molar-refractivity contribution in [3.8, 4) is 0 Å². The van der Waals surface area contributed by atoms with Gasteiger partial charge >= 0.3 is 0 Å². The van der Waals surface area contributed by atoms with Gasteiger partial charge in [-0.2, -0.15) is 11.8 Å². The van der Waals surface area contributed by atoms with Crippen LogP contribution in [0.2, 0.25) is 0 Å². The molecule has 2 atom stereocenters. The summed E-state index contributed by atoms with van der Waals surface area (Å²) < 4.78 is 0. The van der Waals surface area contributed by atoms with Crippen LogP contribution in [0.5, 0.6) is 0 Å². The van der Waals surface area contributed by atoms with Crippen molar-refractivity contribution in [1.29, 1.82) is 0 Å². The minimum atomic E-state index is -0.193. The number of nitrogens with zero attached hydrogens (tertiary/aromatic N) is 1. The molecule has 2 nitrogen and oxygen atoms in total. The Bertz CT molecular complexity index is 357. The predicted octanol–water partition coefficient (Wildman–Crippen LogP) is 3.01. The Kier molecular flexibility index (Phi) is 6.90. The molecule has 1 N–H and O–H groups in total. The highest BCUT2D eigenvalue weighted by Crippen LogP contribution is 2.25. The average molecular weight is 281 g/mol. The summed E-state index contributed by atoms with van der Waals surface area (Å²) in [5.41, 5.74) is 1.02. The van der Waals surface area contributed by atoms with Crippen LogP contribution in [0.3, 0.4) is 0 Å². The molecule has 0 fully saturated rings. The SMILES string of the molecule is CCC(CSC)N(C)CC(C)(CO)c1ccccc1. The topological polar surface area (TPSA) is 23.5 Å². The Morgan fingerprint density at radius 3 is 2.42 bits per heavy atom. The Morgan fingerprint density at radius 2 is 1.95 bits per heavy atom. The molecule has 0 aromatic heterocycles. The van der Waals surface area contributed by atoms with Gasteiger partial charge in [-0.05, 0) is 25.3 Å². The number of benzene rings is 1. The van der Waals surface area contributed by atoms with Crippen molar-refractivity contribution in [1.82, 2.24) is 4.90 Å². The van der Waals surface area contributed by atoms with E-state index >= 15 is 0 Å². The molecule has 108 valence electrons. The van der Waals surface area contributed by atoms with Crippen molar-refractivity contribution in [2.75, 3.05) is 32.2 Å². The van der Waals surface area contributed by atoms with Crippen LogP contribution in [-0.2, 0) is 5.41 Å². The first-order chi connectivity index (χ1) is 9.07. The lowest BCUT2D eigenvalue weighted by molar-refractivity contribution is 0.138. The fourth-order valence-corrected chi connectivity index (χ4v) is 3.38. The Morgan fingerprint density at radius 1 is 1.32 bits per heavy atom. The zero-order chi connectivity index (χ0) is 14.3. The number of rotatable bonds is 8. The maximum atomic E-state index is 9.84. The van der Waals surface area contributed by atoms with Gasteiger partial charge in [-0.25, -0.2) is 0 Å². The molecule has 1 aromatic carbocycles. The molecule has 0 saturated carbocycles. The number of thioether (sulfide) groups is 1. The van der Waals surface area contributed by atoms with Crippen molar-refractivity contribution in [2.45, 2.75) is 31.7 Å². The van der Waals surface area contributed by atoms with E-state index in [1.807, 2.05) is 30.0 Å². The third-order valence-corrected chi connectivity index (χ3v) is 4.59. The van der Waals surface area contributed by atoms with Crippen LogP contribution in [-0.4, -0.2) is 48.3 Å². The maximum absolute atomic E-state index is 9.84. The number of hydrogen-bond donors (Lipinski definition) is 1. The van der Waals surface area contributed by atoms with Gasteiger partial charge in [0.05, 0.1) is 6.61 Å². The monoisotopic (exact) mass is 281 g/mol. The number of hydrogen-bond acceptors (Lipinski definition) is 3. The standard InChI is InChI=1S/C16H27NOS/c1-5-15(11-19-4)17(3)12-16(2,13-18)14-9-7-6-8-10-14/h6-10,15,18H,5,11-13H2,1-4H3. The molecule has 0 saturated heterocycles. The summed E-state index contributed by atoms with van der Waals surface area (Å²) in [6, 6.07) is 10.9. The second kappa shape index (κ2) is 7.93. The van der Waals surface area contributed by atoms with E-state index in [1.54, 1.807) is 0 Å². The molecular weight excluding hydrogens is 254 g/mol. The number of likely N-dealkylation sites (N-methyl/N-ethyl adjacent to an activating group) is 1. The van der Waals surface area contributed by atoms with E-state index in [0.29, 0.717) is 6.04 Å². The molecule has 2 unspecified atom stereocenters. The van der Waals surface area contributed by atoms with Gasteiger partial charge in [0.15, 0.2) is 0 Å². The van der Waals surface area contributed by atoms with Gasteiger partial charge in [-0.3, -0.25) is 0 Å². The largest absolute Gasteiger partial charge is 0.395 e. The molecule has 1 aromatic rings. The molecule has 0 aliphatic carbocycles. The molecule has 1 rings (SSSR count). The van der Waals surface area contributed by atoms with Crippen molar-refractivity contribution < 1.29 is 5.11 Å². The van der Waals surface area contributed by atoms with Gasteiger partial charge in [0, 0.05) is 23.8 Å². The normalized spacial score (nSPS) is 16.3. The maximum Gasteiger partial charge on any atom is 0.0537 e. The molecule has 0 heterocycles. The third-order valence-electron chi connectivity index (χ3n) is 3.87. The fourth-order valence-electron chi connectivity index (χ4n) is 2.50. The van der Waals surface area contributed by atoms with E-state index in [9.17, 15) is 5.11 Å². The summed E-state index contributed by atoms with van der Waals surface area (Å²) in [6.07, 6.45) is 3.30. The molecule has 0 aliphatic rings. The first-order valence-corrected chi connectivity index (χ1v) is 8.32. The molecule has 0 spiro atoms. The summed E-state index contributed by atoms with van der Waals surface area (Å²) in [6.45, 7) is 5.43. The third kappa shape index (κ3) is 4.51. The van der Waals surface area contributed by atoms with E-state index in [2.05, 4.69) is 44.2 Å². The van der Waals surface area contributed by atoms with Gasteiger partial charge in [0.1, 0.15) is 0 Å². The summed E-state index contributed by atoms with van der Waals surface area (Å²) >= 11 is 1.89. The highest BCUT2D eigenvalue weighted by atomic mass is 32.2. The van der Waals surface area contributed by atoms with Crippen LogP contribution in [0.4, 0.5) is 0 Å². The van der Waals surface area contributed by atoms with E-state index in [-0.39, 0.29) is 12.0 Å². The minimum Gasteiger partial charge on any atom is -0.395 e. The van der Waals surface area contributed by atoms with Crippen LogP contribution in [0.25, 0.3) is 0 Å². The van der Waals surface area contributed by atoms with Crippen LogP contribution < -0.4 is 0 Å². The Balaban J connectivity index is 2.80. The molecule has 19 heavy (non-hydrogen) atoms. The fraction of sp³-hybridized carbons (Fsp3) is 0.625. The molecule has 0 radical (unpaired) electrons. The van der Waals surface area contributed by atoms with E-state index < -0.39 is 0 Å². The van der Waals surface area contributed by atoms with E-state index in [4.69, 9.17) is 0 Å². The number of aliphatic hydroxyl groups is 1. The van der Waals surface area contributed by atoms with Gasteiger partial charge < -0.3 is 10.0 Å². The Labute approximate surface area is 122 Å². The summed E-state index contributed by atoms with van der Waals surface area (Å²) in [5.74, 6) is 1.14. The lowest BCUT2D eigenvalue weighted by Gasteiger charge is -2.36. The van der Waals surface area contributed by atoms with Crippen molar-refractivity contribution in [3.63, 3.8) is 0 Å². The minimum absolute atomic E-state index is 0.178. The van der Waals surface area contributed by atoms with Crippen molar-refractivity contribution in [2.24, 2.45) is 0 Å². The molecule has 3 heteroatoms.